The molecule has 0 N–H and O–H groups in total. The van der Waals surface area contributed by atoms with Gasteiger partial charge in [0.1, 0.15) is 18.0 Å². The van der Waals surface area contributed by atoms with Crippen LogP contribution in [0.4, 0.5) is 4.39 Å². The molecule has 0 aliphatic rings. The average molecular weight is 265 g/mol. The second-order valence-corrected chi connectivity index (χ2v) is 5.03. The van der Waals surface area contributed by atoms with E-state index in [9.17, 15) is 4.39 Å². The van der Waals surface area contributed by atoms with Gasteiger partial charge in [0.2, 0.25) is 0 Å². The minimum absolute atomic E-state index is 0.181. The number of hydrogen-bond donors (Lipinski definition) is 0. The van der Waals surface area contributed by atoms with Crippen LogP contribution in [-0.4, -0.2) is 20.5 Å². The van der Waals surface area contributed by atoms with Gasteiger partial charge in [-0.25, -0.2) is 9.37 Å². The van der Waals surface area contributed by atoms with Crippen LogP contribution in [-0.2, 0) is 18.7 Å². The summed E-state index contributed by atoms with van der Waals surface area (Å²) in [5.74, 6) is 2.75. The molecule has 0 fully saturated rings. The molecule has 3 nitrogen and oxygen atoms in total. The molecule has 2 rings (SSSR count). The van der Waals surface area contributed by atoms with Crippen molar-refractivity contribution in [2.45, 2.75) is 25.6 Å². The fourth-order valence-electron chi connectivity index (χ4n) is 1.68. The molecule has 0 aliphatic carbocycles. The van der Waals surface area contributed by atoms with Crippen LogP contribution in [0, 0.1) is 5.82 Å². The van der Waals surface area contributed by atoms with Crippen molar-refractivity contribution in [3.63, 3.8) is 0 Å². The standard InChI is InChI=1S/C13H16FN3S/c1-2-17-13(15-10-16-17)7-8-18-9-11-3-5-12(14)6-4-11/h3-6,10H,2,7-9H2,1H3. The summed E-state index contributed by atoms with van der Waals surface area (Å²) in [5.41, 5.74) is 1.15. The zero-order valence-electron chi connectivity index (χ0n) is 10.3. The third kappa shape index (κ3) is 3.57. The maximum atomic E-state index is 12.7. The number of halogens is 1. The Kier molecular flexibility index (Phi) is 4.75. The normalized spacial score (nSPS) is 10.8. The van der Waals surface area contributed by atoms with E-state index in [2.05, 4.69) is 17.0 Å². The molecule has 0 radical (unpaired) electrons. The van der Waals surface area contributed by atoms with Crippen LogP contribution in [0.1, 0.15) is 18.3 Å². The fraction of sp³-hybridized carbons (Fsp3) is 0.385. The molecule has 0 spiro atoms. The molecule has 0 aliphatic heterocycles. The molecular weight excluding hydrogens is 249 g/mol. The summed E-state index contributed by atoms with van der Waals surface area (Å²) in [6, 6.07) is 6.67. The van der Waals surface area contributed by atoms with Crippen molar-refractivity contribution in [1.82, 2.24) is 14.8 Å². The highest BCUT2D eigenvalue weighted by Gasteiger charge is 2.02. The molecule has 1 heterocycles. The number of nitrogens with zero attached hydrogens (tertiary/aromatic N) is 3. The van der Waals surface area contributed by atoms with Gasteiger partial charge in [-0.3, -0.25) is 4.68 Å². The van der Waals surface area contributed by atoms with Crippen LogP contribution in [0.3, 0.4) is 0 Å². The van der Waals surface area contributed by atoms with Gasteiger partial charge >= 0.3 is 0 Å². The van der Waals surface area contributed by atoms with Crippen LogP contribution < -0.4 is 0 Å². The quantitative estimate of drug-likeness (QED) is 0.752. The van der Waals surface area contributed by atoms with Gasteiger partial charge < -0.3 is 0 Å². The van der Waals surface area contributed by atoms with Gasteiger partial charge in [0.15, 0.2) is 0 Å². The van der Waals surface area contributed by atoms with Crippen molar-refractivity contribution in [3.8, 4) is 0 Å². The Hall–Kier alpha value is -1.36. The van der Waals surface area contributed by atoms with E-state index in [1.165, 1.54) is 12.1 Å². The number of thioether (sulfide) groups is 1. The third-order valence-electron chi connectivity index (χ3n) is 2.65. The molecule has 0 atom stereocenters. The summed E-state index contributed by atoms with van der Waals surface area (Å²) in [5, 5.41) is 4.14. The first-order chi connectivity index (χ1) is 8.79. The molecule has 0 bridgehead atoms. The van der Waals surface area contributed by atoms with Crippen LogP contribution >= 0.6 is 11.8 Å². The first kappa shape index (κ1) is 13.1. The Morgan fingerprint density at radius 3 is 2.78 bits per heavy atom. The molecule has 2 aromatic rings. The van der Waals surface area contributed by atoms with E-state index in [-0.39, 0.29) is 5.82 Å². The Morgan fingerprint density at radius 1 is 1.28 bits per heavy atom. The average Bonchev–Trinajstić information content (AvgIpc) is 2.84. The van der Waals surface area contributed by atoms with E-state index in [0.29, 0.717) is 0 Å². The van der Waals surface area contributed by atoms with E-state index < -0.39 is 0 Å². The lowest BCUT2D eigenvalue weighted by Crippen LogP contribution is -2.04. The molecule has 0 saturated carbocycles. The van der Waals surface area contributed by atoms with Gasteiger partial charge in [0.05, 0.1) is 0 Å². The highest BCUT2D eigenvalue weighted by molar-refractivity contribution is 7.98. The smallest absolute Gasteiger partial charge is 0.138 e. The third-order valence-corrected chi connectivity index (χ3v) is 3.68. The van der Waals surface area contributed by atoms with Crippen LogP contribution in [0.15, 0.2) is 30.6 Å². The van der Waals surface area contributed by atoms with Crippen molar-refractivity contribution in [1.29, 1.82) is 0 Å². The predicted molar refractivity (Wildman–Crippen MR) is 72.0 cm³/mol. The fourth-order valence-corrected chi connectivity index (χ4v) is 2.58. The van der Waals surface area contributed by atoms with Gasteiger partial charge in [0.25, 0.3) is 0 Å². The van der Waals surface area contributed by atoms with Gasteiger partial charge in [-0.2, -0.15) is 16.9 Å². The molecule has 0 saturated heterocycles. The second kappa shape index (κ2) is 6.54. The van der Waals surface area contributed by atoms with Crippen molar-refractivity contribution in [2.75, 3.05) is 5.75 Å². The SMILES string of the molecule is CCn1ncnc1CCSCc1ccc(F)cc1. The largest absolute Gasteiger partial charge is 0.250 e. The molecule has 0 unspecified atom stereocenters. The highest BCUT2D eigenvalue weighted by Crippen LogP contribution is 2.14. The monoisotopic (exact) mass is 265 g/mol. The zero-order valence-corrected chi connectivity index (χ0v) is 11.2. The van der Waals surface area contributed by atoms with Crippen LogP contribution in [0.2, 0.25) is 0 Å². The molecule has 5 heteroatoms. The molecular formula is C13H16FN3S. The Labute approximate surface area is 110 Å². The van der Waals surface area contributed by atoms with Crippen molar-refractivity contribution in [2.24, 2.45) is 0 Å². The molecule has 1 aromatic carbocycles. The van der Waals surface area contributed by atoms with E-state index in [1.807, 2.05) is 28.6 Å². The number of hydrogen-bond acceptors (Lipinski definition) is 3. The first-order valence-electron chi connectivity index (χ1n) is 5.98. The summed E-state index contributed by atoms with van der Waals surface area (Å²) in [4.78, 5) is 4.23. The van der Waals surface area contributed by atoms with Gasteiger partial charge in [-0.1, -0.05) is 12.1 Å². The van der Waals surface area contributed by atoms with Crippen LogP contribution in [0.25, 0.3) is 0 Å². The van der Waals surface area contributed by atoms with Crippen LogP contribution in [0.5, 0.6) is 0 Å². The summed E-state index contributed by atoms with van der Waals surface area (Å²) < 4.78 is 14.6. The Bertz CT molecular complexity index is 481. The first-order valence-corrected chi connectivity index (χ1v) is 7.14. The maximum absolute atomic E-state index is 12.7. The summed E-state index contributed by atoms with van der Waals surface area (Å²) >= 11 is 1.83. The lowest BCUT2D eigenvalue weighted by Gasteiger charge is -2.03. The number of aryl methyl sites for hydroxylation is 2. The topological polar surface area (TPSA) is 30.7 Å². The number of aromatic nitrogens is 3. The lowest BCUT2D eigenvalue weighted by atomic mass is 10.2. The van der Waals surface area contributed by atoms with E-state index in [4.69, 9.17) is 0 Å². The van der Waals surface area contributed by atoms with E-state index in [1.54, 1.807) is 6.33 Å². The number of benzene rings is 1. The van der Waals surface area contributed by atoms with E-state index in [0.717, 1.165) is 35.9 Å². The predicted octanol–water partition coefficient (Wildman–Crippen LogP) is 2.91. The highest BCUT2D eigenvalue weighted by atomic mass is 32.2. The summed E-state index contributed by atoms with van der Waals surface area (Å²) in [6.45, 7) is 2.92. The van der Waals surface area contributed by atoms with Crippen molar-refractivity contribution >= 4 is 11.8 Å². The maximum Gasteiger partial charge on any atom is 0.138 e. The minimum atomic E-state index is -0.181. The lowest BCUT2D eigenvalue weighted by molar-refractivity contribution is 0.621. The van der Waals surface area contributed by atoms with Gasteiger partial charge in [-0.15, -0.1) is 0 Å². The molecule has 96 valence electrons. The summed E-state index contributed by atoms with van der Waals surface area (Å²) in [7, 11) is 0. The zero-order chi connectivity index (χ0) is 12.8. The molecule has 18 heavy (non-hydrogen) atoms. The minimum Gasteiger partial charge on any atom is -0.250 e. The second-order valence-electron chi connectivity index (χ2n) is 3.92. The summed E-state index contributed by atoms with van der Waals surface area (Å²) in [6.07, 6.45) is 2.52. The van der Waals surface area contributed by atoms with E-state index >= 15 is 0 Å². The number of rotatable bonds is 6. The molecule has 1 aromatic heterocycles. The van der Waals surface area contributed by atoms with Gasteiger partial charge in [-0.05, 0) is 24.6 Å². The Balaban J connectivity index is 1.74. The van der Waals surface area contributed by atoms with Crippen molar-refractivity contribution in [3.05, 3.63) is 47.8 Å². The molecule has 0 amide bonds. The van der Waals surface area contributed by atoms with Crippen molar-refractivity contribution < 1.29 is 4.39 Å². The van der Waals surface area contributed by atoms with Gasteiger partial charge in [0, 0.05) is 24.5 Å². The Morgan fingerprint density at radius 2 is 2.06 bits per heavy atom.